The van der Waals surface area contributed by atoms with Crippen LogP contribution in [0.5, 0.6) is 0 Å². The van der Waals surface area contributed by atoms with E-state index in [0.29, 0.717) is 5.69 Å². The summed E-state index contributed by atoms with van der Waals surface area (Å²) in [4.78, 5) is 22.3. The van der Waals surface area contributed by atoms with E-state index < -0.39 is 12.1 Å². The van der Waals surface area contributed by atoms with E-state index >= 15 is 0 Å². The highest BCUT2D eigenvalue weighted by Crippen LogP contribution is 2.11. The molecular formula is C13H19N3O2. The molecular weight excluding hydrogens is 230 g/mol. The van der Waals surface area contributed by atoms with Crippen molar-refractivity contribution in [3.63, 3.8) is 0 Å². The number of benzene rings is 1. The Morgan fingerprint density at radius 2 is 1.89 bits per heavy atom. The van der Waals surface area contributed by atoms with Crippen molar-refractivity contribution in [3.8, 4) is 0 Å². The van der Waals surface area contributed by atoms with E-state index in [1.807, 2.05) is 24.3 Å². The molecule has 5 nitrogen and oxygen atoms in total. The highest BCUT2D eigenvalue weighted by molar-refractivity contribution is 5.96. The molecule has 1 atom stereocenters. The number of amides is 3. The predicted molar refractivity (Wildman–Crippen MR) is 71.2 cm³/mol. The Hall–Kier alpha value is -2.04. The fourth-order valence-electron chi connectivity index (χ4n) is 1.57. The van der Waals surface area contributed by atoms with Crippen molar-refractivity contribution in [3.05, 3.63) is 29.8 Å². The number of anilines is 1. The molecule has 0 fully saturated rings. The Morgan fingerprint density at radius 1 is 1.28 bits per heavy atom. The first-order chi connectivity index (χ1) is 8.52. The number of nitrogens with one attached hydrogen (secondary N) is 2. The number of hydrogen-bond donors (Lipinski definition) is 3. The molecule has 1 aromatic rings. The second-order valence-electron chi connectivity index (χ2n) is 4.17. The third-order valence-corrected chi connectivity index (χ3v) is 2.51. The Balaban J connectivity index is 2.56. The zero-order valence-electron chi connectivity index (χ0n) is 10.7. The van der Waals surface area contributed by atoms with Crippen molar-refractivity contribution in [2.24, 2.45) is 5.73 Å². The minimum absolute atomic E-state index is 0.294. The summed E-state index contributed by atoms with van der Waals surface area (Å²) < 4.78 is 0. The number of nitrogens with two attached hydrogens (primary N) is 1. The van der Waals surface area contributed by atoms with Crippen LogP contribution in [0.15, 0.2) is 24.3 Å². The average Bonchev–Trinajstić information content (AvgIpc) is 2.31. The van der Waals surface area contributed by atoms with Gasteiger partial charge in [0, 0.05) is 5.69 Å². The van der Waals surface area contributed by atoms with Gasteiger partial charge in [0.1, 0.15) is 6.04 Å². The lowest BCUT2D eigenvalue weighted by Crippen LogP contribution is -2.44. The predicted octanol–water partition coefficient (Wildman–Crippen LogP) is 1.63. The fourth-order valence-corrected chi connectivity index (χ4v) is 1.57. The third kappa shape index (κ3) is 4.45. The van der Waals surface area contributed by atoms with Gasteiger partial charge in [-0.2, -0.15) is 0 Å². The van der Waals surface area contributed by atoms with Crippen LogP contribution >= 0.6 is 0 Å². The topological polar surface area (TPSA) is 84.2 Å². The first kappa shape index (κ1) is 14.0. The van der Waals surface area contributed by atoms with Crippen LogP contribution in [-0.2, 0) is 11.2 Å². The Kier molecular flexibility index (Phi) is 5.17. The zero-order chi connectivity index (χ0) is 13.5. The van der Waals surface area contributed by atoms with Crippen molar-refractivity contribution in [2.45, 2.75) is 32.7 Å². The molecule has 4 N–H and O–H groups in total. The molecule has 1 rings (SSSR count). The monoisotopic (exact) mass is 249 g/mol. The van der Waals surface area contributed by atoms with Gasteiger partial charge in [-0.25, -0.2) is 4.79 Å². The van der Waals surface area contributed by atoms with E-state index in [1.165, 1.54) is 5.56 Å². The van der Waals surface area contributed by atoms with E-state index in [4.69, 9.17) is 5.73 Å². The quantitative estimate of drug-likeness (QED) is 0.741. The molecule has 0 aliphatic heterocycles. The van der Waals surface area contributed by atoms with Crippen LogP contribution in [0, 0.1) is 0 Å². The standard InChI is InChI=1S/C13H19N3O2/c1-3-4-10-5-7-11(8-6-10)16-12(17)9(2)15-13(14)18/h5-9H,3-4H2,1-2H3,(H,16,17)(H3,14,15,18)/t9-/m0/s1. The number of aryl methyl sites for hydroxylation is 1. The van der Waals surface area contributed by atoms with Gasteiger partial charge in [0.25, 0.3) is 0 Å². The molecule has 98 valence electrons. The fraction of sp³-hybridized carbons (Fsp3) is 0.385. The lowest BCUT2D eigenvalue weighted by molar-refractivity contribution is -0.117. The molecule has 0 aliphatic rings. The maximum atomic E-state index is 11.7. The van der Waals surface area contributed by atoms with Gasteiger partial charge in [-0.15, -0.1) is 0 Å². The summed E-state index contributed by atoms with van der Waals surface area (Å²) in [7, 11) is 0. The number of carbonyl (C=O) groups excluding carboxylic acids is 2. The Labute approximate surface area is 107 Å². The van der Waals surface area contributed by atoms with Crippen LogP contribution in [0.2, 0.25) is 0 Å². The van der Waals surface area contributed by atoms with Crippen molar-refractivity contribution >= 4 is 17.6 Å². The van der Waals surface area contributed by atoms with E-state index in [0.717, 1.165) is 12.8 Å². The number of hydrogen-bond acceptors (Lipinski definition) is 2. The summed E-state index contributed by atoms with van der Waals surface area (Å²) in [5.41, 5.74) is 6.89. The largest absolute Gasteiger partial charge is 0.352 e. The minimum atomic E-state index is -0.712. The maximum absolute atomic E-state index is 11.7. The van der Waals surface area contributed by atoms with Crippen LogP contribution in [0.25, 0.3) is 0 Å². The van der Waals surface area contributed by atoms with Gasteiger partial charge in [0.2, 0.25) is 5.91 Å². The number of urea groups is 1. The summed E-state index contributed by atoms with van der Waals surface area (Å²) in [6.07, 6.45) is 2.11. The molecule has 1 aromatic carbocycles. The lowest BCUT2D eigenvalue weighted by Gasteiger charge is -2.12. The van der Waals surface area contributed by atoms with Gasteiger partial charge in [-0.3, -0.25) is 4.79 Å². The van der Waals surface area contributed by atoms with Crippen LogP contribution in [0.4, 0.5) is 10.5 Å². The van der Waals surface area contributed by atoms with Crippen molar-refractivity contribution in [2.75, 3.05) is 5.32 Å². The van der Waals surface area contributed by atoms with Crippen LogP contribution in [0.3, 0.4) is 0 Å². The third-order valence-electron chi connectivity index (χ3n) is 2.51. The van der Waals surface area contributed by atoms with Crippen LogP contribution in [-0.4, -0.2) is 18.0 Å². The van der Waals surface area contributed by atoms with Crippen LogP contribution < -0.4 is 16.4 Å². The summed E-state index contributed by atoms with van der Waals surface area (Å²) in [6, 6.07) is 6.28. The second-order valence-corrected chi connectivity index (χ2v) is 4.17. The summed E-state index contributed by atoms with van der Waals surface area (Å²) in [5, 5.41) is 5.03. The van der Waals surface area contributed by atoms with Gasteiger partial charge in [-0.05, 0) is 31.0 Å². The SMILES string of the molecule is CCCc1ccc(NC(=O)[C@H](C)NC(N)=O)cc1. The van der Waals surface area contributed by atoms with E-state index in [9.17, 15) is 9.59 Å². The number of carbonyl (C=O) groups is 2. The van der Waals surface area contributed by atoms with Gasteiger partial charge >= 0.3 is 6.03 Å². The molecule has 0 bridgehead atoms. The summed E-state index contributed by atoms with van der Waals surface area (Å²) in [5.74, 6) is -0.294. The molecule has 5 heteroatoms. The smallest absolute Gasteiger partial charge is 0.312 e. The van der Waals surface area contributed by atoms with Gasteiger partial charge in [0.05, 0.1) is 0 Å². The van der Waals surface area contributed by atoms with Crippen molar-refractivity contribution < 1.29 is 9.59 Å². The molecule has 0 unspecified atom stereocenters. The van der Waals surface area contributed by atoms with E-state index in [1.54, 1.807) is 6.92 Å². The Bertz CT molecular complexity index is 415. The summed E-state index contributed by atoms with van der Waals surface area (Å²) >= 11 is 0. The normalized spacial score (nSPS) is 11.7. The second kappa shape index (κ2) is 6.64. The van der Waals surface area contributed by atoms with E-state index in [-0.39, 0.29) is 5.91 Å². The van der Waals surface area contributed by atoms with Crippen LogP contribution in [0.1, 0.15) is 25.8 Å². The molecule has 0 aliphatic carbocycles. The zero-order valence-corrected chi connectivity index (χ0v) is 10.7. The van der Waals surface area contributed by atoms with Crippen molar-refractivity contribution in [1.29, 1.82) is 0 Å². The number of rotatable bonds is 5. The molecule has 0 spiro atoms. The molecule has 0 heterocycles. The molecule has 0 saturated heterocycles. The molecule has 0 aromatic heterocycles. The molecule has 0 saturated carbocycles. The van der Waals surface area contributed by atoms with Crippen molar-refractivity contribution in [1.82, 2.24) is 5.32 Å². The number of primary amides is 1. The maximum Gasteiger partial charge on any atom is 0.312 e. The lowest BCUT2D eigenvalue weighted by atomic mass is 10.1. The Morgan fingerprint density at radius 3 is 2.39 bits per heavy atom. The minimum Gasteiger partial charge on any atom is -0.352 e. The summed E-state index contributed by atoms with van der Waals surface area (Å²) in [6.45, 7) is 3.69. The highest BCUT2D eigenvalue weighted by Gasteiger charge is 2.13. The van der Waals surface area contributed by atoms with Gasteiger partial charge in [-0.1, -0.05) is 25.5 Å². The molecule has 0 radical (unpaired) electrons. The van der Waals surface area contributed by atoms with E-state index in [2.05, 4.69) is 17.6 Å². The van der Waals surface area contributed by atoms with Gasteiger partial charge in [0.15, 0.2) is 0 Å². The highest BCUT2D eigenvalue weighted by atomic mass is 16.2. The van der Waals surface area contributed by atoms with Gasteiger partial charge < -0.3 is 16.4 Å². The molecule has 18 heavy (non-hydrogen) atoms. The first-order valence-corrected chi connectivity index (χ1v) is 5.98. The average molecular weight is 249 g/mol. The molecule has 3 amide bonds. The first-order valence-electron chi connectivity index (χ1n) is 5.98.